The highest BCUT2D eigenvalue weighted by molar-refractivity contribution is 5.79. The number of guanidine groups is 1. The first-order chi connectivity index (χ1) is 15.7. The van der Waals surface area contributed by atoms with E-state index in [-0.39, 0.29) is 6.10 Å². The van der Waals surface area contributed by atoms with Crippen molar-refractivity contribution < 1.29 is 4.74 Å². The maximum absolute atomic E-state index is 6.17. The lowest BCUT2D eigenvalue weighted by atomic mass is 9.89. The van der Waals surface area contributed by atoms with Crippen LogP contribution in [0.25, 0.3) is 0 Å². The van der Waals surface area contributed by atoms with Crippen molar-refractivity contribution in [2.45, 2.75) is 39.0 Å². The van der Waals surface area contributed by atoms with Crippen molar-refractivity contribution in [2.75, 3.05) is 20.2 Å². The minimum absolute atomic E-state index is 0.129. The molecular weight excluding hydrogens is 398 g/mol. The fraction of sp³-hybridized carbons (Fsp3) is 0.385. The third-order valence-electron chi connectivity index (χ3n) is 6.06. The third kappa shape index (κ3) is 5.77. The summed E-state index contributed by atoms with van der Waals surface area (Å²) in [6.07, 6.45) is 6.17. The molecule has 6 nitrogen and oxygen atoms in total. The number of nitrogens with one attached hydrogen (secondary N) is 2. The number of hydrogen-bond donors (Lipinski definition) is 2. The van der Waals surface area contributed by atoms with Crippen LogP contribution >= 0.6 is 0 Å². The van der Waals surface area contributed by atoms with Gasteiger partial charge in [-0.05, 0) is 42.5 Å². The van der Waals surface area contributed by atoms with Crippen molar-refractivity contribution in [1.82, 2.24) is 20.4 Å². The van der Waals surface area contributed by atoms with Crippen LogP contribution in [0.5, 0.6) is 0 Å². The maximum atomic E-state index is 6.17. The number of benzene rings is 2. The normalized spacial score (nSPS) is 19.0. The summed E-state index contributed by atoms with van der Waals surface area (Å²) < 4.78 is 8.11. The van der Waals surface area contributed by atoms with Crippen molar-refractivity contribution >= 4 is 5.96 Å². The van der Waals surface area contributed by atoms with Gasteiger partial charge in [0, 0.05) is 45.1 Å². The summed E-state index contributed by atoms with van der Waals surface area (Å²) in [5.41, 5.74) is 5.03. The van der Waals surface area contributed by atoms with Crippen LogP contribution in [0.15, 0.2) is 72.0 Å². The van der Waals surface area contributed by atoms with Crippen LogP contribution in [0.4, 0.5) is 0 Å². The predicted molar refractivity (Wildman–Crippen MR) is 129 cm³/mol. The molecule has 0 bridgehead atoms. The van der Waals surface area contributed by atoms with Crippen molar-refractivity contribution in [3.8, 4) is 0 Å². The molecule has 6 heteroatoms. The Morgan fingerprint density at radius 3 is 2.66 bits per heavy atom. The largest absolute Gasteiger partial charge is 0.373 e. The van der Waals surface area contributed by atoms with Gasteiger partial charge in [0.1, 0.15) is 0 Å². The van der Waals surface area contributed by atoms with Crippen molar-refractivity contribution in [1.29, 1.82) is 0 Å². The van der Waals surface area contributed by atoms with E-state index in [9.17, 15) is 0 Å². The molecular formula is C26H33N5O. The SMILES string of the molecule is CN=C(NCc1ccccc1Cn1cccn1)NCC1CCCOC1c1ccc(C)cc1. The number of ether oxygens (including phenoxy) is 1. The average Bonchev–Trinajstić information content (AvgIpc) is 3.34. The molecule has 1 aliphatic heterocycles. The summed E-state index contributed by atoms with van der Waals surface area (Å²) in [7, 11) is 1.82. The van der Waals surface area contributed by atoms with E-state index in [4.69, 9.17) is 4.74 Å². The Balaban J connectivity index is 1.34. The van der Waals surface area contributed by atoms with Crippen LogP contribution in [0.3, 0.4) is 0 Å². The quantitative estimate of drug-likeness (QED) is 0.437. The first-order valence-corrected chi connectivity index (χ1v) is 11.4. The first-order valence-electron chi connectivity index (χ1n) is 11.4. The fourth-order valence-corrected chi connectivity index (χ4v) is 4.26. The zero-order valence-electron chi connectivity index (χ0n) is 19.0. The zero-order valence-corrected chi connectivity index (χ0v) is 19.0. The summed E-state index contributed by atoms with van der Waals surface area (Å²) >= 11 is 0. The topological polar surface area (TPSA) is 63.5 Å². The highest BCUT2D eigenvalue weighted by atomic mass is 16.5. The molecule has 4 rings (SSSR count). The van der Waals surface area contributed by atoms with E-state index >= 15 is 0 Å². The van der Waals surface area contributed by atoms with Gasteiger partial charge in [-0.1, -0.05) is 54.1 Å². The molecule has 0 radical (unpaired) electrons. The predicted octanol–water partition coefficient (Wildman–Crippen LogP) is 4.07. The minimum atomic E-state index is 0.129. The van der Waals surface area contributed by atoms with E-state index in [0.29, 0.717) is 12.5 Å². The number of aryl methyl sites for hydroxylation is 1. The van der Waals surface area contributed by atoms with E-state index < -0.39 is 0 Å². The molecule has 2 unspecified atom stereocenters. The van der Waals surface area contributed by atoms with Crippen molar-refractivity contribution in [3.05, 3.63) is 89.2 Å². The maximum Gasteiger partial charge on any atom is 0.191 e. The Morgan fingerprint density at radius 2 is 1.91 bits per heavy atom. The zero-order chi connectivity index (χ0) is 22.2. The molecule has 0 aliphatic carbocycles. The first kappa shape index (κ1) is 22.1. The lowest BCUT2D eigenvalue weighted by Gasteiger charge is -2.32. The molecule has 2 atom stereocenters. The van der Waals surface area contributed by atoms with Gasteiger partial charge < -0.3 is 15.4 Å². The van der Waals surface area contributed by atoms with Gasteiger partial charge in [-0.25, -0.2) is 0 Å². The summed E-state index contributed by atoms with van der Waals surface area (Å²) in [5.74, 6) is 1.23. The van der Waals surface area contributed by atoms with Gasteiger partial charge in [0.15, 0.2) is 5.96 Å². The Kier molecular flexibility index (Phi) is 7.56. The van der Waals surface area contributed by atoms with Gasteiger partial charge >= 0.3 is 0 Å². The lowest BCUT2D eigenvalue weighted by Crippen LogP contribution is -2.41. The molecule has 32 heavy (non-hydrogen) atoms. The number of nitrogens with zero attached hydrogens (tertiary/aromatic N) is 3. The number of aromatic nitrogens is 2. The monoisotopic (exact) mass is 431 g/mol. The van der Waals surface area contributed by atoms with E-state index in [1.165, 1.54) is 22.3 Å². The molecule has 0 amide bonds. The summed E-state index contributed by atoms with van der Waals surface area (Å²) in [6.45, 7) is 5.24. The Bertz CT molecular complexity index is 997. The Hall–Kier alpha value is -3.12. The molecule has 0 saturated carbocycles. The number of aliphatic imine (C=N–C) groups is 1. The molecule has 2 aromatic carbocycles. The molecule has 1 aliphatic rings. The van der Waals surface area contributed by atoms with Crippen LogP contribution in [0.2, 0.25) is 0 Å². The smallest absolute Gasteiger partial charge is 0.191 e. The van der Waals surface area contributed by atoms with Crippen LogP contribution in [0, 0.1) is 12.8 Å². The Labute approximate surface area is 190 Å². The van der Waals surface area contributed by atoms with Gasteiger partial charge in [0.25, 0.3) is 0 Å². The Morgan fingerprint density at radius 1 is 1.09 bits per heavy atom. The third-order valence-corrected chi connectivity index (χ3v) is 6.06. The number of rotatable bonds is 7. The minimum Gasteiger partial charge on any atom is -0.373 e. The van der Waals surface area contributed by atoms with Gasteiger partial charge in [0.05, 0.1) is 12.6 Å². The molecule has 1 aromatic heterocycles. The summed E-state index contributed by atoms with van der Waals surface area (Å²) in [5, 5.41) is 11.3. The van der Waals surface area contributed by atoms with E-state index in [1.54, 1.807) is 0 Å². The van der Waals surface area contributed by atoms with E-state index in [2.05, 4.69) is 76.2 Å². The van der Waals surface area contributed by atoms with E-state index in [1.807, 2.05) is 30.2 Å². The summed E-state index contributed by atoms with van der Waals surface area (Å²) in [4.78, 5) is 4.44. The lowest BCUT2D eigenvalue weighted by molar-refractivity contribution is -0.0265. The van der Waals surface area contributed by atoms with Crippen molar-refractivity contribution in [2.24, 2.45) is 10.9 Å². The van der Waals surface area contributed by atoms with Crippen LogP contribution in [-0.2, 0) is 17.8 Å². The van der Waals surface area contributed by atoms with Crippen LogP contribution < -0.4 is 10.6 Å². The highest BCUT2D eigenvalue weighted by Crippen LogP contribution is 2.33. The highest BCUT2D eigenvalue weighted by Gasteiger charge is 2.27. The fourth-order valence-electron chi connectivity index (χ4n) is 4.26. The molecule has 168 valence electrons. The second kappa shape index (κ2) is 11.0. The molecule has 2 N–H and O–H groups in total. The number of hydrogen-bond acceptors (Lipinski definition) is 3. The average molecular weight is 432 g/mol. The van der Waals surface area contributed by atoms with E-state index in [0.717, 1.165) is 38.5 Å². The second-order valence-corrected chi connectivity index (χ2v) is 8.38. The van der Waals surface area contributed by atoms with Gasteiger partial charge in [0.2, 0.25) is 0 Å². The molecule has 1 saturated heterocycles. The molecule has 0 spiro atoms. The van der Waals surface area contributed by atoms with Crippen LogP contribution in [-0.4, -0.2) is 35.9 Å². The van der Waals surface area contributed by atoms with Gasteiger partial charge in [-0.15, -0.1) is 0 Å². The molecule has 2 heterocycles. The standard InChI is InChI=1S/C26H33N5O/c1-20-10-12-21(13-11-20)25-23(9-5-16-32-25)18-29-26(27-2)28-17-22-7-3-4-8-24(22)19-31-15-6-14-30-31/h3-4,6-8,10-15,23,25H,5,9,16-19H2,1-2H3,(H2,27,28,29). The van der Waals surface area contributed by atoms with Crippen LogP contribution in [0.1, 0.15) is 41.2 Å². The molecule has 3 aromatic rings. The second-order valence-electron chi connectivity index (χ2n) is 8.38. The van der Waals surface area contributed by atoms with Gasteiger partial charge in [-0.3, -0.25) is 9.67 Å². The summed E-state index contributed by atoms with van der Waals surface area (Å²) in [6, 6.07) is 19.1. The molecule has 1 fully saturated rings. The van der Waals surface area contributed by atoms with Gasteiger partial charge in [-0.2, -0.15) is 5.10 Å². The van der Waals surface area contributed by atoms with Crippen molar-refractivity contribution in [3.63, 3.8) is 0 Å².